The number of rotatable bonds is 7. The topological polar surface area (TPSA) is 90.8 Å². The van der Waals surface area contributed by atoms with E-state index in [1.807, 2.05) is 6.07 Å². The number of aliphatic carboxylic acids is 1. The van der Waals surface area contributed by atoms with Gasteiger partial charge in [-0.05, 0) is 50.9 Å². The Hall–Kier alpha value is -1.93. The molecule has 2 N–H and O–H groups in total. The average Bonchev–Trinajstić information content (AvgIpc) is 2.66. The Labute approximate surface area is 148 Å². The monoisotopic (exact) mass is 349 g/mol. The number of carbonyl (C=O) groups is 1. The lowest BCUT2D eigenvalue weighted by atomic mass is 9.94. The third kappa shape index (κ3) is 5.54. The zero-order valence-corrected chi connectivity index (χ0v) is 14.6. The van der Waals surface area contributed by atoms with Gasteiger partial charge >= 0.3 is 5.97 Å². The number of piperazine rings is 1. The van der Waals surface area contributed by atoms with Crippen molar-refractivity contribution in [3.8, 4) is 5.88 Å². The van der Waals surface area contributed by atoms with E-state index in [-0.39, 0.29) is 5.88 Å². The summed E-state index contributed by atoms with van der Waals surface area (Å²) in [6.45, 7) is 7.10. The minimum atomic E-state index is -1.02. The van der Waals surface area contributed by atoms with Gasteiger partial charge < -0.3 is 20.1 Å². The summed E-state index contributed by atoms with van der Waals surface area (Å²) in [7, 11) is 0. The first kappa shape index (κ1) is 17.9. The Bertz CT molecular complexity index is 540. The summed E-state index contributed by atoms with van der Waals surface area (Å²) in [6.07, 6.45) is 3.93. The van der Waals surface area contributed by atoms with E-state index in [0.717, 1.165) is 37.9 Å². The van der Waals surface area contributed by atoms with Crippen LogP contribution in [0.5, 0.6) is 5.88 Å². The first-order chi connectivity index (χ1) is 12.2. The quantitative estimate of drug-likeness (QED) is 0.733. The molecule has 0 aromatic carbocycles. The van der Waals surface area contributed by atoms with Crippen LogP contribution >= 0.6 is 0 Å². The lowest BCUT2D eigenvalue weighted by molar-refractivity contribution is -0.139. The van der Waals surface area contributed by atoms with Gasteiger partial charge in [-0.2, -0.15) is 0 Å². The Morgan fingerprint density at radius 2 is 1.96 bits per heavy atom. The van der Waals surface area contributed by atoms with E-state index in [1.165, 1.54) is 38.9 Å². The molecule has 3 rings (SSSR count). The van der Waals surface area contributed by atoms with Gasteiger partial charge in [-0.15, -0.1) is 10.2 Å². The molecule has 1 aromatic rings. The molecule has 1 aromatic heterocycles. The largest absolute Gasteiger partial charge is 0.479 e. The summed E-state index contributed by atoms with van der Waals surface area (Å²) in [5.74, 6) is 0.919. The van der Waals surface area contributed by atoms with Crippen LogP contribution in [0.25, 0.3) is 0 Å². The average molecular weight is 349 g/mol. The Morgan fingerprint density at radius 3 is 2.60 bits per heavy atom. The van der Waals surface area contributed by atoms with Gasteiger partial charge in [0.1, 0.15) is 0 Å². The lowest BCUT2D eigenvalue weighted by Gasteiger charge is -2.36. The van der Waals surface area contributed by atoms with Gasteiger partial charge in [-0.25, -0.2) is 4.79 Å². The maximum absolute atomic E-state index is 10.5. The molecule has 0 unspecified atom stereocenters. The molecule has 2 aliphatic heterocycles. The molecule has 8 nitrogen and oxygen atoms in total. The molecular weight excluding hydrogens is 322 g/mol. The van der Waals surface area contributed by atoms with Crippen molar-refractivity contribution < 1.29 is 14.6 Å². The van der Waals surface area contributed by atoms with Crippen molar-refractivity contribution in [1.82, 2.24) is 20.4 Å². The van der Waals surface area contributed by atoms with Crippen molar-refractivity contribution >= 4 is 11.8 Å². The van der Waals surface area contributed by atoms with E-state index < -0.39 is 12.6 Å². The van der Waals surface area contributed by atoms with Crippen molar-refractivity contribution in [2.75, 3.05) is 57.3 Å². The Balaban J connectivity index is 1.40. The molecule has 0 bridgehead atoms. The first-order valence-corrected chi connectivity index (χ1v) is 9.07. The van der Waals surface area contributed by atoms with E-state index in [0.29, 0.717) is 0 Å². The number of carboxylic acid groups (broad SMARTS) is 1. The number of piperidine rings is 1. The summed E-state index contributed by atoms with van der Waals surface area (Å²) in [5, 5.41) is 20.1. The second-order valence-electron chi connectivity index (χ2n) is 6.72. The van der Waals surface area contributed by atoms with Crippen LogP contribution in [0.3, 0.4) is 0 Å². The molecule has 2 saturated heterocycles. The molecule has 0 saturated carbocycles. The predicted octanol–water partition coefficient (Wildman–Crippen LogP) is 0.452. The second-order valence-corrected chi connectivity index (χ2v) is 6.72. The van der Waals surface area contributed by atoms with Gasteiger partial charge in [0, 0.05) is 32.2 Å². The van der Waals surface area contributed by atoms with Crippen molar-refractivity contribution in [3.05, 3.63) is 12.1 Å². The molecule has 0 amide bonds. The highest BCUT2D eigenvalue weighted by Crippen LogP contribution is 2.18. The van der Waals surface area contributed by atoms with Crippen molar-refractivity contribution in [2.24, 2.45) is 5.92 Å². The molecule has 0 aliphatic carbocycles. The standard InChI is InChI=1S/C17H27N5O3/c23-17(24)13-25-16-2-1-15(19-20-16)22-11-9-21(10-12-22)8-5-14-3-6-18-7-4-14/h1-2,14,18H,3-13H2,(H,23,24). The summed E-state index contributed by atoms with van der Waals surface area (Å²) in [6, 6.07) is 3.52. The summed E-state index contributed by atoms with van der Waals surface area (Å²) in [5.41, 5.74) is 0. The molecular formula is C17H27N5O3. The fourth-order valence-electron chi connectivity index (χ4n) is 3.43. The Morgan fingerprint density at radius 1 is 1.20 bits per heavy atom. The van der Waals surface area contributed by atoms with Crippen LogP contribution < -0.4 is 15.0 Å². The number of nitrogens with zero attached hydrogens (tertiary/aromatic N) is 4. The number of ether oxygens (including phenoxy) is 1. The minimum Gasteiger partial charge on any atom is -0.479 e. The van der Waals surface area contributed by atoms with Gasteiger partial charge in [-0.3, -0.25) is 4.90 Å². The third-order valence-corrected chi connectivity index (χ3v) is 4.98. The molecule has 0 atom stereocenters. The molecule has 2 fully saturated rings. The fourth-order valence-corrected chi connectivity index (χ4v) is 3.43. The first-order valence-electron chi connectivity index (χ1n) is 9.07. The van der Waals surface area contributed by atoms with Gasteiger partial charge in [0.2, 0.25) is 5.88 Å². The predicted molar refractivity (Wildman–Crippen MR) is 94.0 cm³/mol. The van der Waals surface area contributed by atoms with Gasteiger partial charge in [0.25, 0.3) is 0 Å². The molecule has 138 valence electrons. The molecule has 8 heteroatoms. The Kier molecular flexibility index (Phi) is 6.41. The second kappa shape index (κ2) is 8.96. The summed E-state index contributed by atoms with van der Waals surface area (Å²) < 4.78 is 5.01. The highest BCUT2D eigenvalue weighted by atomic mass is 16.5. The van der Waals surface area contributed by atoms with Gasteiger partial charge in [0.05, 0.1) is 0 Å². The zero-order valence-electron chi connectivity index (χ0n) is 14.6. The van der Waals surface area contributed by atoms with Crippen molar-refractivity contribution in [3.63, 3.8) is 0 Å². The molecule has 2 aliphatic rings. The van der Waals surface area contributed by atoms with Crippen LogP contribution in [-0.4, -0.2) is 78.6 Å². The number of hydrogen-bond donors (Lipinski definition) is 2. The smallest absolute Gasteiger partial charge is 0.341 e. The molecule has 3 heterocycles. The van der Waals surface area contributed by atoms with E-state index in [9.17, 15) is 4.79 Å². The van der Waals surface area contributed by atoms with E-state index in [4.69, 9.17) is 9.84 Å². The number of anilines is 1. The number of carboxylic acids is 1. The SMILES string of the molecule is O=C(O)COc1ccc(N2CCN(CCC3CCNCC3)CC2)nn1. The normalized spacial score (nSPS) is 19.8. The van der Waals surface area contributed by atoms with Crippen LogP contribution in [-0.2, 0) is 4.79 Å². The van der Waals surface area contributed by atoms with Crippen molar-refractivity contribution in [2.45, 2.75) is 19.3 Å². The molecule has 0 radical (unpaired) electrons. The molecule has 0 spiro atoms. The lowest BCUT2D eigenvalue weighted by Crippen LogP contribution is -2.47. The highest BCUT2D eigenvalue weighted by Gasteiger charge is 2.20. The van der Waals surface area contributed by atoms with E-state index >= 15 is 0 Å². The van der Waals surface area contributed by atoms with E-state index in [1.54, 1.807) is 6.07 Å². The van der Waals surface area contributed by atoms with Crippen LogP contribution in [0.4, 0.5) is 5.82 Å². The maximum atomic E-state index is 10.5. The number of aromatic nitrogens is 2. The third-order valence-electron chi connectivity index (χ3n) is 4.98. The highest BCUT2D eigenvalue weighted by molar-refractivity contribution is 5.68. The van der Waals surface area contributed by atoms with Crippen LogP contribution in [0.1, 0.15) is 19.3 Å². The molecule has 25 heavy (non-hydrogen) atoms. The van der Waals surface area contributed by atoms with Crippen LogP contribution in [0, 0.1) is 5.92 Å². The summed E-state index contributed by atoms with van der Waals surface area (Å²) in [4.78, 5) is 15.2. The van der Waals surface area contributed by atoms with E-state index in [2.05, 4.69) is 25.3 Å². The minimum absolute atomic E-state index is 0.242. The summed E-state index contributed by atoms with van der Waals surface area (Å²) >= 11 is 0. The number of nitrogens with one attached hydrogen (secondary N) is 1. The van der Waals surface area contributed by atoms with Crippen LogP contribution in [0.15, 0.2) is 12.1 Å². The maximum Gasteiger partial charge on any atom is 0.341 e. The van der Waals surface area contributed by atoms with Crippen molar-refractivity contribution in [1.29, 1.82) is 0 Å². The fraction of sp³-hybridized carbons (Fsp3) is 0.706. The zero-order chi connectivity index (χ0) is 17.5. The van der Waals surface area contributed by atoms with Crippen LogP contribution in [0.2, 0.25) is 0 Å². The number of hydrogen-bond acceptors (Lipinski definition) is 7. The van der Waals surface area contributed by atoms with Gasteiger partial charge in [-0.1, -0.05) is 0 Å². The van der Waals surface area contributed by atoms with Gasteiger partial charge in [0.15, 0.2) is 12.4 Å².